The van der Waals surface area contributed by atoms with Crippen LogP contribution in [0.5, 0.6) is 0 Å². The number of aromatic nitrogens is 3. The van der Waals surface area contributed by atoms with E-state index in [1.807, 2.05) is 0 Å². The molecule has 1 saturated carbocycles. The number of carbonyl (C=O) groups excluding carboxylic acids is 2. The summed E-state index contributed by atoms with van der Waals surface area (Å²) >= 11 is 0.326. The number of alkyl halides is 3. The maximum atomic E-state index is 14.2. The molecule has 0 aromatic carbocycles. The number of rotatable bonds is 8. The van der Waals surface area contributed by atoms with E-state index in [0.29, 0.717) is 24.2 Å². The number of nitrogens with one attached hydrogen (secondary N) is 3. The highest BCUT2D eigenvalue weighted by molar-refractivity contribution is 7.17. The number of carboxylic acids is 2. The Morgan fingerprint density at radius 1 is 1.05 bits per heavy atom. The first-order valence-electron chi connectivity index (χ1n) is 12.8. The summed E-state index contributed by atoms with van der Waals surface area (Å²) in [5.41, 5.74) is -3.07. The zero-order valence-corrected chi connectivity index (χ0v) is 22.9. The highest BCUT2D eigenvalue weighted by Crippen LogP contribution is 2.43. The summed E-state index contributed by atoms with van der Waals surface area (Å²) < 4.78 is 42.5. The van der Waals surface area contributed by atoms with E-state index in [4.69, 9.17) is 0 Å². The number of hydrogen-bond donors (Lipinski definition) is 5. The van der Waals surface area contributed by atoms with E-state index in [2.05, 4.69) is 30.9 Å². The zero-order chi connectivity index (χ0) is 30.6. The molecular weight excluding hydrogens is 581 g/mol. The average Bonchev–Trinajstić information content (AvgIpc) is 3.40. The summed E-state index contributed by atoms with van der Waals surface area (Å²) in [6.07, 6.45) is 2.00. The number of amides is 3. The van der Waals surface area contributed by atoms with E-state index in [-0.39, 0.29) is 29.3 Å². The molecule has 0 aliphatic heterocycles. The Hall–Kier alpha value is -4.60. The van der Waals surface area contributed by atoms with Gasteiger partial charge in [0.15, 0.2) is 5.69 Å². The average molecular weight is 607 g/mol. The summed E-state index contributed by atoms with van der Waals surface area (Å²) in [5.74, 6) is -4.54. The number of hydrogen-bond acceptors (Lipinski definition) is 8. The summed E-state index contributed by atoms with van der Waals surface area (Å²) in [5, 5.41) is 26.4. The third kappa shape index (κ3) is 6.64. The predicted octanol–water partition coefficient (Wildman–Crippen LogP) is 4.89. The van der Waals surface area contributed by atoms with E-state index in [9.17, 15) is 42.6 Å². The maximum absolute atomic E-state index is 14.2. The van der Waals surface area contributed by atoms with Gasteiger partial charge in [-0.2, -0.15) is 13.2 Å². The van der Waals surface area contributed by atoms with Crippen molar-refractivity contribution in [2.75, 3.05) is 11.9 Å². The number of halogens is 3. The van der Waals surface area contributed by atoms with Crippen molar-refractivity contribution in [3.05, 3.63) is 46.4 Å². The SMILES string of the molecule is CCNC(=O)Nc1ncc(-c2cncc(C(=O)O)c2)c(-c2nc(C(F)(F)F)c(C(=O)NC3CCCCC3)s2)c1C(=O)O. The van der Waals surface area contributed by atoms with Crippen molar-refractivity contribution in [1.29, 1.82) is 0 Å². The third-order valence-electron chi connectivity index (χ3n) is 6.41. The molecule has 3 heterocycles. The second-order valence-electron chi connectivity index (χ2n) is 9.33. The molecule has 0 bridgehead atoms. The molecule has 1 aliphatic carbocycles. The van der Waals surface area contributed by atoms with Gasteiger partial charge in [-0.25, -0.2) is 24.4 Å². The number of anilines is 1. The Bertz CT molecular complexity index is 1540. The number of carboxylic acid groups (broad SMARTS) is 2. The number of pyridine rings is 2. The third-order valence-corrected chi connectivity index (χ3v) is 7.49. The molecule has 0 atom stereocenters. The first-order valence-corrected chi connectivity index (χ1v) is 13.6. The van der Waals surface area contributed by atoms with Gasteiger partial charge in [-0.05, 0) is 25.8 Å². The minimum Gasteiger partial charge on any atom is -0.478 e. The molecule has 0 radical (unpaired) electrons. The van der Waals surface area contributed by atoms with Gasteiger partial charge in [0.1, 0.15) is 21.3 Å². The van der Waals surface area contributed by atoms with E-state index in [0.717, 1.165) is 37.7 Å². The van der Waals surface area contributed by atoms with E-state index >= 15 is 0 Å². The Morgan fingerprint density at radius 2 is 1.76 bits per heavy atom. The molecule has 1 aliphatic rings. The fourth-order valence-electron chi connectivity index (χ4n) is 4.54. The smallest absolute Gasteiger partial charge is 0.435 e. The van der Waals surface area contributed by atoms with Crippen molar-refractivity contribution < 1.29 is 42.6 Å². The molecule has 3 amide bonds. The monoisotopic (exact) mass is 606 g/mol. The summed E-state index contributed by atoms with van der Waals surface area (Å²) in [7, 11) is 0. The molecule has 42 heavy (non-hydrogen) atoms. The van der Waals surface area contributed by atoms with E-state index in [1.165, 1.54) is 6.20 Å². The molecule has 3 aromatic rings. The Balaban J connectivity index is 1.96. The van der Waals surface area contributed by atoms with Crippen LogP contribution in [0, 0.1) is 0 Å². The van der Waals surface area contributed by atoms with Crippen LogP contribution in [0.25, 0.3) is 21.7 Å². The van der Waals surface area contributed by atoms with Crippen LogP contribution in [-0.2, 0) is 6.18 Å². The molecule has 12 nitrogen and oxygen atoms in total. The summed E-state index contributed by atoms with van der Waals surface area (Å²) in [6, 6.07) is -0.0158. The molecule has 0 spiro atoms. The van der Waals surface area contributed by atoms with Crippen molar-refractivity contribution in [2.24, 2.45) is 0 Å². The van der Waals surface area contributed by atoms with Crippen molar-refractivity contribution in [1.82, 2.24) is 25.6 Å². The van der Waals surface area contributed by atoms with Gasteiger partial charge in [0.25, 0.3) is 5.91 Å². The largest absolute Gasteiger partial charge is 0.478 e. The van der Waals surface area contributed by atoms with Crippen LogP contribution in [0.2, 0.25) is 0 Å². The van der Waals surface area contributed by atoms with Crippen LogP contribution in [0.4, 0.5) is 23.8 Å². The number of aromatic carboxylic acids is 2. The van der Waals surface area contributed by atoms with E-state index < -0.39 is 62.6 Å². The molecule has 16 heteroatoms. The molecule has 5 N–H and O–H groups in total. The van der Waals surface area contributed by atoms with Gasteiger partial charge < -0.3 is 20.8 Å². The predicted molar refractivity (Wildman–Crippen MR) is 145 cm³/mol. The minimum atomic E-state index is -5.07. The highest BCUT2D eigenvalue weighted by Gasteiger charge is 2.41. The number of thiazole rings is 1. The number of urea groups is 1. The van der Waals surface area contributed by atoms with Crippen LogP contribution < -0.4 is 16.0 Å². The molecule has 4 rings (SSSR count). The van der Waals surface area contributed by atoms with Gasteiger partial charge in [-0.1, -0.05) is 19.3 Å². The van der Waals surface area contributed by atoms with Crippen molar-refractivity contribution >= 4 is 41.0 Å². The normalized spacial score (nSPS) is 13.8. The summed E-state index contributed by atoms with van der Waals surface area (Å²) in [6.45, 7) is 1.78. The minimum absolute atomic E-state index is 0.00132. The Kier molecular flexibility index (Phi) is 9.04. The lowest BCUT2D eigenvalue weighted by atomic mass is 9.95. The number of carbonyl (C=O) groups is 4. The quantitative estimate of drug-likeness (QED) is 0.238. The Labute approximate surface area is 240 Å². The second kappa shape index (κ2) is 12.5. The molecular formula is C26H25F3N6O6S. The molecule has 0 unspecified atom stereocenters. The lowest BCUT2D eigenvalue weighted by molar-refractivity contribution is -0.141. The first-order chi connectivity index (χ1) is 19.9. The Morgan fingerprint density at radius 3 is 2.38 bits per heavy atom. The number of nitrogens with zero attached hydrogens (tertiary/aromatic N) is 3. The summed E-state index contributed by atoms with van der Waals surface area (Å²) in [4.78, 5) is 60.2. The molecule has 222 valence electrons. The maximum Gasteiger partial charge on any atom is 0.435 e. The van der Waals surface area contributed by atoms with E-state index in [1.54, 1.807) is 6.92 Å². The topological polar surface area (TPSA) is 183 Å². The van der Waals surface area contributed by atoms with Crippen LogP contribution >= 0.6 is 11.3 Å². The van der Waals surface area contributed by atoms with Gasteiger partial charge in [-0.3, -0.25) is 15.1 Å². The lowest BCUT2D eigenvalue weighted by Crippen LogP contribution is -2.36. The van der Waals surface area contributed by atoms with Crippen molar-refractivity contribution in [3.8, 4) is 21.7 Å². The van der Waals surface area contributed by atoms with Crippen molar-refractivity contribution in [2.45, 2.75) is 51.2 Å². The standard InChI is InChI=1S/C26H25F3N6O6S/c1-2-31-25(41)35-20-17(24(39)40)16(15(11-32-20)12-8-13(23(37)38)10-30-9-12)22-34-19(26(27,28)29)18(42-22)21(36)33-14-6-4-3-5-7-14/h8-11,14H,2-7H2,1H3,(H,33,36)(H,37,38)(H,39,40)(H2,31,32,35,41). The molecule has 1 fully saturated rings. The fourth-order valence-corrected chi connectivity index (χ4v) is 5.60. The van der Waals surface area contributed by atoms with Gasteiger partial charge in [0, 0.05) is 47.9 Å². The fraction of sp³-hybridized carbons (Fsp3) is 0.346. The zero-order valence-electron chi connectivity index (χ0n) is 22.0. The van der Waals surface area contributed by atoms with Gasteiger partial charge in [0.05, 0.1) is 5.56 Å². The first kappa shape index (κ1) is 30.4. The van der Waals surface area contributed by atoms with Gasteiger partial charge >= 0.3 is 24.1 Å². The van der Waals surface area contributed by atoms with Crippen LogP contribution in [0.1, 0.15) is 75.1 Å². The van der Waals surface area contributed by atoms with Crippen LogP contribution in [0.3, 0.4) is 0 Å². The van der Waals surface area contributed by atoms with Gasteiger partial charge in [0.2, 0.25) is 0 Å². The second-order valence-corrected chi connectivity index (χ2v) is 10.3. The molecule has 0 saturated heterocycles. The highest BCUT2D eigenvalue weighted by atomic mass is 32.1. The lowest BCUT2D eigenvalue weighted by Gasteiger charge is -2.22. The van der Waals surface area contributed by atoms with Crippen molar-refractivity contribution in [3.63, 3.8) is 0 Å². The molecule has 3 aromatic heterocycles. The van der Waals surface area contributed by atoms with Gasteiger partial charge in [-0.15, -0.1) is 11.3 Å². The van der Waals surface area contributed by atoms with Crippen LogP contribution in [0.15, 0.2) is 24.7 Å². The van der Waals surface area contributed by atoms with Crippen LogP contribution in [-0.4, -0.2) is 61.6 Å².